The number of benzene rings is 1. The van der Waals surface area contributed by atoms with Gasteiger partial charge in [-0.15, -0.1) is 0 Å². The Morgan fingerprint density at radius 3 is 2.45 bits per heavy atom. The van der Waals surface area contributed by atoms with Crippen molar-refractivity contribution < 1.29 is 14.3 Å². The normalized spacial score (nSPS) is 17.0. The zero-order chi connectivity index (χ0) is 21.3. The van der Waals surface area contributed by atoms with Crippen LogP contribution < -0.4 is 10.9 Å². The summed E-state index contributed by atoms with van der Waals surface area (Å²) in [6.07, 6.45) is -0.0898. The lowest BCUT2D eigenvalue weighted by atomic mass is 9.82. The number of aryl methyl sites for hydroxylation is 1. The van der Waals surface area contributed by atoms with Gasteiger partial charge in [-0.2, -0.15) is 0 Å². The molecule has 0 bridgehead atoms. The summed E-state index contributed by atoms with van der Waals surface area (Å²) in [6, 6.07) is 8.98. The molecule has 2 aromatic rings. The molecule has 2 N–H and O–H groups in total. The van der Waals surface area contributed by atoms with Crippen LogP contribution >= 0.6 is 0 Å². The molecule has 0 amide bonds. The van der Waals surface area contributed by atoms with Crippen LogP contribution in [-0.4, -0.2) is 29.3 Å². The number of cyclic esters (lactones) is 1. The molecule has 6 nitrogen and oxygen atoms in total. The summed E-state index contributed by atoms with van der Waals surface area (Å²) >= 11 is 0. The fourth-order valence-electron chi connectivity index (χ4n) is 3.87. The second-order valence-corrected chi connectivity index (χ2v) is 8.56. The number of ketones is 1. The van der Waals surface area contributed by atoms with Gasteiger partial charge in [0.15, 0.2) is 5.78 Å². The molecule has 6 heteroatoms. The molecular formula is C23H28N2O4. The van der Waals surface area contributed by atoms with Crippen molar-refractivity contribution >= 4 is 11.8 Å². The summed E-state index contributed by atoms with van der Waals surface area (Å²) in [7, 11) is 0. The minimum Gasteiger partial charge on any atom is -0.453 e. The number of hydrogen-bond acceptors (Lipinski definition) is 5. The molecule has 154 valence electrons. The van der Waals surface area contributed by atoms with E-state index in [2.05, 4.69) is 10.3 Å². The maximum Gasteiger partial charge on any atom is 0.340 e. The fourth-order valence-corrected chi connectivity index (χ4v) is 3.87. The van der Waals surface area contributed by atoms with Crippen molar-refractivity contribution in [2.24, 2.45) is 5.41 Å². The number of rotatable bonds is 6. The van der Waals surface area contributed by atoms with E-state index in [0.29, 0.717) is 24.2 Å². The van der Waals surface area contributed by atoms with Gasteiger partial charge in [-0.1, -0.05) is 58.0 Å². The summed E-state index contributed by atoms with van der Waals surface area (Å²) in [6.45, 7) is 10.1. The van der Waals surface area contributed by atoms with E-state index in [1.54, 1.807) is 6.92 Å². The van der Waals surface area contributed by atoms with Crippen molar-refractivity contribution in [2.75, 3.05) is 6.54 Å². The highest BCUT2D eigenvalue weighted by Crippen LogP contribution is 2.44. The molecule has 2 heterocycles. The Morgan fingerprint density at radius 2 is 1.86 bits per heavy atom. The van der Waals surface area contributed by atoms with Crippen LogP contribution in [0.1, 0.15) is 71.3 Å². The number of likely N-dealkylation sites (N-methyl/N-ethyl adjacent to an activating group) is 1. The predicted octanol–water partition coefficient (Wildman–Crippen LogP) is 3.34. The predicted molar refractivity (Wildman–Crippen MR) is 111 cm³/mol. The average molecular weight is 396 g/mol. The number of aromatic amines is 1. The number of hydrogen-bond donors (Lipinski definition) is 2. The summed E-state index contributed by atoms with van der Waals surface area (Å²) in [5, 5.41) is 3.16. The molecule has 0 saturated heterocycles. The van der Waals surface area contributed by atoms with Crippen LogP contribution in [0.3, 0.4) is 0 Å². The topological polar surface area (TPSA) is 88.3 Å². The van der Waals surface area contributed by atoms with E-state index in [-0.39, 0.29) is 22.3 Å². The van der Waals surface area contributed by atoms with Gasteiger partial charge in [-0.3, -0.25) is 9.59 Å². The third kappa shape index (κ3) is 4.03. The number of carbonyl (C=O) groups excluding carboxylic acids is 2. The Kier molecular flexibility index (Phi) is 5.75. The third-order valence-corrected chi connectivity index (χ3v) is 5.23. The summed E-state index contributed by atoms with van der Waals surface area (Å²) in [4.78, 5) is 41.7. The molecule has 0 aliphatic carbocycles. The Labute approximate surface area is 170 Å². The first-order chi connectivity index (χ1) is 13.6. The van der Waals surface area contributed by atoms with Gasteiger partial charge in [0.05, 0.1) is 17.2 Å². The molecule has 3 rings (SSSR count). The Balaban J connectivity index is 2.10. The highest BCUT2D eigenvalue weighted by atomic mass is 16.5. The van der Waals surface area contributed by atoms with Crippen LogP contribution in [0.5, 0.6) is 0 Å². The van der Waals surface area contributed by atoms with Crippen molar-refractivity contribution in [2.45, 2.75) is 53.2 Å². The highest BCUT2D eigenvalue weighted by molar-refractivity contribution is 6.10. The molecule has 1 aliphatic rings. The quantitative estimate of drug-likeness (QED) is 0.577. The molecule has 1 aromatic heterocycles. The first-order valence-corrected chi connectivity index (χ1v) is 9.94. The van der Waals surface area contributed by atoms with E-state index in [0.717, 1.165) is 5.56 Å². The van der Waals surface area contributed by atoms with Crippen LogP contribution in [0, 0.1) is 12.3 Å². The minimum absolute atomic E-state index is 0.107. The SMILES string of the molecule is CCN[C@@H](Cc1ccccc1)C(=O)c1c2c(c(C)[nH]c1=O)C(C(C)(C)C)OC2=O. The smallest absolute Gasteiger partial charge is 0.340 e. The number of fused-ring (bicyclic) bond motifs is 1. The number of pyridine rings is 1. The van der Waals surface area contributed by atoms with E-state index in [1.807, 2.05) is 58.0 Å². The van der Waals surface area contributed by atoms with Crippen LogP contribution in [0.15, 0.2) is 35.1 Å². The van der Waals surface area contributed by atoms with E-state index in [4.69, 9.17) is 4.74 Å². The Morgan fingerprint density at radius 1 is 1.21 bits per heavy atom. The lowest BCUT2D eigenvalue weighted by molar-refractivity contribution is 0.00751. The zero-order valence-corrected chi connectivity index (χ0v) is 17.6. The molecular weight excluding hydrogens is 368 g/mol. The summed E-state index contributed by atoms with van der Waals surface area (Å²) in [5.41, 5.74) is 1.25. The second-order valence-electron chi connectivity index (χ2n) is 8.56. The maximum atomic E-state index is 13.4. The van der Waals surface area contributed by atoms with E-state index in [9.17, 15) is 14.4 Å². The number of carbonyl (C=O) groups is 2. The van der Waals surface area contributed by atoms with Crippen LogP contribution in [-0.2, 0) is 11.2 Å². The lowest BCUT2D eigenvalue weighted by Gasteiger charge is -2.27. The maximum absolute atomic E-state index is 13.4. The number of H-pyrrole nitrogens is 1. The van der Waals surface area contributed by atoms with Crippen LogP contribution in [0.2, 0.25) is 0 Å². The van der Waals surface area contributed by atoms with Gasteiger partial charge in [-0.05, 0) is 25.5 Å². The van der Waals surface area contributed by atoms with Gasteiger partial charge in [-0.25, -0.2) is 4.79 Å². The standard InChI is InChI=1S/C23H28N2O4/c1-6-24-15(12-14-10-8-7-9-11-14)19(26)18-17-16(13(2)25-21(18)27)20(23(3,4)5)29-22(17)28/h7-11,15,20,24H,6,12H2,1-5H3,(H,25,27)/t15-,20?/m0/s1. The minimum atomic E-state index is -0.614. The van der Waals surface area contributed by atoms with Crippen molar-refractivity contribution in [1.29, 1.82) is 0 Å². The molecule has 29 heavy (non-hydrogen) atoms. The third-order valence-electron chi connectivity index (χ3n) is 5.23. The fraction of sp³-hybridized carbons (Fsp3) is 0.435. The van der Waals surface area contributed by atoms with Crippen molar-refractivity contribution in [1.82, 2.24) is 10.3 Å². The largest absolute Gasteiger partial charge is 0.453 e. The molecule has 0 fully saturated rings. The monoisotopic (exact) mass is 396 g/mol. The van der Waals surface area contributed by atoms with Crippen molar-refractivity contribution in [3.8, 4) is 0 Å². The Hall–Kier alpha value is -2.73. The number of esters is 1. The van der Waals surface area contributed by atoms with Gasteiger partial charge in [0, 0.05) is 16.7 Å². The van der Waals surface area contributed by atoms with Gasteiger partial charge >= 0.3 is 5.97 Å². The molecule has 2 atom stereocenters. The molecule has 1 unspecified atom stereocenters. The van der Waals surface area contributed by atoms with Crippen LogP contribution in [0.4, 0.5) is 0 Å². The Bertz CT molecular complexity index is 986. The average Bonchev–Trinajstić information content (AvgIpc) is 3.00. The van der Waals surface area contributed by atoms with E-state index in [1.165, 1.54) is 0 Å². The first kappa shape index (κ1) is 21.0. The van der Waals surface area contributed by atoms with E-state index < -0.39 is 23.7 Å². The van der Waals surface area contributed by atoms with Gasteiger partial charge in [0.1, 0.15) is 6.10 Å². The van der Waals surface area contributed by atoms with Crippen molar-refractivity contribution in [3.05, 3.63) is 68.6 Å². The lowest BCUT2D eigenvalue weighted by Crippen LogP contribution is -2.42. The van der Waals surface area contributed by atoms with E-state index >= 15 is 0 Å². The molecule has 0 saturated carbocycles. The number of nitrogens with one attached hydrogen (secondary N) is 2. The second kappa shape index (κ2) is 7.95. The van der Waals surface area contributed by atoms with Crippen molar-refractivity contribution in [3.63, 3.8) is 0 Å². The number of ether oxygens (including phenoxy) is 1. The molecule has 0 radical (unpaired) electrons. The summed E-state index contributed by atoms with van der Waals surface area (Å²) < 4.78 is 5.61. The first-order valence-electron chi connectivity index (χ1n) is 9.94. The van der Waals surface area contributed by atoms with Gasteiger partial charge in [0.25, 0.3) is 5.56 Å². The van der Waals surface area contributed by atoms with Crippen LogP contribution in [0.25, 0.3) is 0 Å². The molecule has 1 aliphatic heterocycles. The molecule has 1 aromatic carbocycles. The van der Waals surface area contributed by atoms with Gasteiger partial charge < -0.3 is 15.0 Å². The summed E-state index contributed by atoms with van der Waals surface area (Å²) in [5.74, 6) is -0.993. The van der Waals surface area contributed by atoms with Gasteiger partial charge in [0.2, 0.25) is 0 Å². The number of aromatic nitrogens is 1. The molecule has 0 spiro atoms. The highest BCUT2D eigenvalue weighted by Gasteiger charge is 2.44. The zero-order valence-electron chi connectivity index (χ0n) is 17.6. The number of Topliss-reactive ketones (excluding diaryl/α,β-unsaturated/α-hetero) is 1.